The molecule has 36 heavy (non-hydrogen) atoms. The maximum Gasteiger partial charge on any atom is 0.0700 e. The van der Waals surface area contributed by atoms with Gasteiger partial charge in [0.2, 0.25) is 0 Å². The van der Waals surface area contributed by atoms with Crippen molar-refractivity contribution in [2.45, 2.75) is 86.6 Å². The molecular weight excluding hydrogens is 440 g/mol. The second-order valence-electron chi connectivity index (χ2n) is 12.0. The molecule has 3 aliphatic rings. The van der Waals surface area contributed by atoms with Crippen LogP contribution in [0.3, 0.4) is 0 Å². The summed E-state index contributed by atoms with van der Waals surface area (Å²) in [6.07, 6.45) is 7.63. The van der Waals surface area contributed by atoms with Crippen LogP contribution in [0.4, 0.5) is 11.4 Å². The molecule has 4 nitrogen and oxygen atoms in total. The Kier molecular flexibility index (Phi) is 7.44. The van der Waals surface area contributed by atoms with Crippen LogP contribution < -0.4 is 9.80 Å². The number of allylic oxidation sites excluding steroid dienone is 2. The Balaban J connectivity index is 1.60. The number of fused-ring (bicyclic) bond motifs is 2. The first-order valence-electron chi connectivity index (χ1n) is 14.4. The monoisotopic (exact) mass is 486 g/mol. The molecule has 194 valence electrons. The number of nitrogens with zero attached hydrogens (tertiary/aromatic N) is 4. The van der Waals surface area contributed by atoms with E-state index in [9.17, 15) is 0 Å². The molecule has 0 N–H and O–H groups in total. The lowest BCUT2D eigenvalue weighted by Crippen LogP contribution is -2.38. The van der Waals surface area contributed by atoms with Crippen molar-refractivity contribution in [3.05, 3.63) is 57.5 Å². The van der Waals surface area contributed by atoms with Crippen molar-refractivity contribution in [3.8, 4) is 0 Å². The zero-order valence-corrected chi connectivity index (χ0v) is 23.6. The van der Waals surface area contributed by atoms with E-state index < -0.39 is 0 Å². The third kappa shape index (κ3) is 5.07. The predicted octanol–water partition coefficient (Wildman–Crippen LogP) is 7.18. The van der Waals surface area contributed by atoms with Gasteiger partial charge in [-0.05, 0) is 108 Å². The molecule has 3 heterocycles. The summed E-state index contributed by atoms with van der Waals surface area (Å²) in [5, 5.41) is 0. The lowest BCUT2D eigenvalue weighted by molar-refractivity contribution is 0.342. The molecule has 1 aliphatic carbocycles. The van der Waals surface area contributed by atoms with Gasteiger partial charge in [-0.3, -0.25) is 4.98 Å². The Morgan fingerprint density at radius 1 is 0.917 bits per heavy atom. The number of likely N-dealkylation sites (tertiary alicyclic amines) is 1. The molecule has 5 rings (SSSR count). The van der Waals surface area contributed by atoms with Crippen LogP contribution in [0.2, 0.25) is 0 Å². The minimum absolute atomic E-state index is 0.630. The van der Waals surface area contributed by atoms with Crippen LogP contribution in [0.15, 0.2) is 23.9 Å². The van der Waals surface area contributed by atoms with Crippen LogP contribution in [-0.2, 0) is 6.54 Å². The average Bonchev–Trinajstić information content (AvgIpc) is 3.34. The van der Waals surface area contributed by atoms with Crippen LogP contribution in [0, 0.1) is 33.6 Å². The summed E-state index contributed by atoms with van der Waals surface area (Å²) in [5.41, 5.74) is 14.0. The average molecular weight is 487 g/mol. The third-order valence-corrected chi connectivity index (χ3v) is 8.29. The van der Waals surface area contributed by atoms with Crippen LogP contribution in [0.25, 0.3) is 5.57 Å². The van der Waals surface area contributed by atoms with Gasteiger partial charge in [-0.15, -0.1) is 0 Å². The number of hydrogen-bond acceptors (Lipinski definition) is 4. The lowest BCUT2D eigenvalue weighted by Gasteiger charge is -2.41. The van der Waals surface area contributed by atoms with Crippen molar-refractivity contribution < 1.29 is 0 Å². The summed E-state index contributed by atoms with van der Waals surface area (Å²) >= 11 is 0. The highest BCUT2D eigenvalue weighted by atomic mass is 15.2. The molecule has 1 fully saturated rings. The first-order chi connectivity index (χ1) is 17.3. The van der Waals surface area contributed by atoms with E-state index >= 15 is 0 Å². The van der Waals surface area contributed by atoms with Gasteiger partial charge in [0.25, 0.3) is 0 Å². The molecule has 1 aromatic carbocycles. The summed E-state index contributed by atoms with van der Waals surface area (Å²) < 4.78 is 0. The van der Waals surface area contributed by atoms with Crippen molar-refractivity contribution >= 4 is 16.9 Å². The maximum absolute atomic E-state index is 5.20. The van der Waals surface area contributed by atoms with Gasteiger partial charge in [0.15, 0.2) is 0 Å². The SMILES string of the molecule is Cc1cc(C)c(N2Cc3nc(C)cc(N(CCN4CCCC4)CC(C)C)c3C3=C2CCCC3)c(C)c1. The highest BCUT2D eigenvalue weighted by Gasteiger charge is 2.33. The number of rotatable bonds is 7. The molecule has 0 amide bonds. The summed E-state index contributed by atoms with van der Waals surface area (Å²) in [7, 11) is 0. The Morgan fingerprint density at radius 2 is 1.61 bits per heavy atom. The van der Waals surface area contributed by atoms with Crippen LogP contribution in [-0.4, -0.2) is 42.6 Å². The molecule has 1 aromatic heterocycles. The van der Waals surface area contributed by atoms with Crippen molar-refractivity contribution in [2.75, 3.05) is 42.5 Å². The van der Waals surface area contributed by atoms with Gasteiger partial charge in [0.05, 0.1) is 12.2 Å². The molecule has 2 aliphatic heterocycles. The molecule has 0 spiro atoms. The van der Waals surface area contributed by atoms with Crippen molar-refractivity contribution in [3.63, 3.8) is 0 Å². The van der Waals surface area contributed by atoms with E-state index in [1.807, 2.05) is 0 Å². The topological polar surface area (TPSA) is 22.6 Å². The molecule has 0 unspecified atom stereocenters. The summed E-state index contributed by atoms with van der Waals surface area (Å²) in [4.78, 5) is 13.2. The van der Waals surface area contributed by atoms with Crippen LogP contribution in [0.5, 0.6) is 0 Å². The fraction of sp³-hybridized carbons (Fsp3) is 0.594. The van der Waals surface area contributed by atoms with Gasteiger partial charge < -0.3 is 14.7 Å². The normalized spacial score (nSPS) is 18.1. The van der Waals surface area contributed by atoms with Crippen molar-refractivity contribution in [2.24, 2.45) is 5.92 Å². The predicted molar refractivity (Wildman–Crippen MR) is 154 cm³/mol. The van der Waals surface area contributed by atoms with Gasteiger partial charge >= 0.3 is 0 Å². The summed E-state index contributed by atoms with van der Waals surface area (Å²) in [5.74, 6) is 0.630. The molecule has 1 saturated heterocycles. The Morgan fingerprint density at radius 3 is 2.31 bits per heavy atom. The smallest absolute Gasteiger partial charge is 0.0700 e. The number of aryl methyl sites for hydroxylation is 4. The summed E-state index contributed by atoms with van der Waals surface area (Å²) in [6, 6.07) is 7.08. The fourth-order valence-electron chi connectivity index (χ4n) is 6.94. The molecule has 0 saturated carbocycles. The minimum Gasteiger partial charge on any atom is -0.369 e. The van der Waals surface area contributed by atoms with Crippen LogP contribution >= 0.6 is 0 Å². The largest absolute Gasteiger partial charge is 0.369 e. The van der Waals surface area contributed by atoms with E-state index in [0.717, 1.165) is 25.3 Å². The van der Waals surface area contributed by atoms with E-state index in [0.29, 0.717) is 5.92 Å². The number of pyridine rings is 1. The lowest BCUT2D eigenvalue weighted by atomic mass is 9.84. The molecular formula is C32H46N4. The van der Waals surface area contributed by atoms with E-state index in [2.05, 4.69) is 74.4 Å². The first-order valence-corrected chi connectivity index (χ1v) is 14.4. The Bertz CT molecular complexity index is 1120. The second-order valence-corrected chi connectivity index (χ2v) is 12.0. The first kappa shape index (κ1) is 25.3. The molecule has 0 atom stereocenters. The quantitative estimate of drug-likeness (QED) is 0.413. The number of hydrogen-bond donors (Lipinski definition) is 0. The Labute approximate surface area is 219 Å². The van der Waals surface area contributed by atoms with Crippen molar-refractivity contribution in [1.82, 2.24) is 9.88 Å². The Hall–Kier alpha value is -2.33. The highest BCUT2D eigenvalue weighted by molar-refractivity contribution is 5.86. The van der Waals surface area contributed by atoms with E-state index in [4.69, 9.17) is 4.98 Å². The number of benzene rings is 1. The molecule has 0 bridgehead atoms. The van der Waals surface area contributed by atoms with Gasteiger partial charge in [-0.25, -0.2) is 0 Å². The minimum atomic E-state index is 0.630. The maximum atomic E-state index is 5.20. The molecule has 4 heteroatoms. The van der Waals surface area contributed by atoms with Gasteiger partial charge in [0.1, 0.15) is 0 Å². The summed E-state index contributed by atoms with van der Waals surface area (Å²) in [6.45, 7) is 20.5. The molecule has 0 radical (unpaired) electrons. The van der Waals surface area contributed by atoms with E-state index in [1.54, 1.807) is 11.3 Å². The third-order valence-electron chi connectivity index (χ3n) is 8.29. The number of aromatic nitrogens is 1. The van der Waals surface area contributed by atoms with E-state index in [1.165, 1.54) is 97.5 Å². The zero-order chi connectivity index (χ0) is 25.4. The zero-order valence-electron chi connectivity index (χ0n) is 23.6. The molecule has 2 aromatic rings. The standard InChI is InChI=1S/C32H46N4/c1-22(2)20-35(16-15-34-13-9-10-14-34)30-19-26(6)33-28-21-36(29-12-8-7-11-27(29)31(28)30)32-24(4)17-23(3)18-25(32)5/h17-19,22H,7-16,20-21H2,1-6H3. The van der Waals surface area contributed by atoms with Gasteiger partial charge in [-0.1, -0.05) is 31.5 Å². The number of anilines is 2. The van der Waals surface area contributed by atoms with Gasteiger partial charge in [-0.2, -0.15) is 0 Å². The van der Waals surface area contributed by atoms with Gasteiger partial charge in [0, 0.05) is 48.0 Å². The fourth-order valence-corrected chi connectivity index (χ4v) is 6.94. The second kappa shape index (κ2) is 10.6. The highest BCUT2D eigenvalue weighted by Crippen LogP contribution is 2.46. The van der Waals surface area contributed by atoms with Crippen molar-refractivity contribution in [1.29, 1.82) is 0 Å². The van der Waals surface area contributed by atoms with E-state index in [-0.39, 0.29) is 0 Å². The van der Waals surface area contributed by atoms with Crippen LogP contribution in [0.1, 0.15) is 86.0 Å².